The number of aliphatic carboxylic acids is 1. The molecular formula is C25H28N2O6. The van der Waals surface area contributed by atoms with E-state index in [9.17, 15) is 14.4 Å². The minimum Gasteiger partial charge on any atom is -0.480 e. The highest BCUT2D eigenvalue weighted by Gasteiger charge is 2.36. The molecule has 1 aliphatic heterocycles. The highest BCUT2D eigenvalue weighted by atomic mass is 16.5. The standard InChI is InChI=1S/C25H28N2O6/c1-15(24(30)27-11-17(12-27)32-14-23(28)29)16(2)26-25(31)33-13-22-20-9-5-3-7-18(20)19-8-4-6-10-21(19)22/h3-10,15-17,22H,11-14H2,1-2H3,(H,26,31)(H,28,29). The summed E-state index contributed by atoms with van der Waals surface area (Å²) in [5.41, 5.74) is 4.60. The number of carboxylic acids is 1. The van der Waals surface area contributed by atoms with Gasteiger partial charge in [-0.05, 0) is 29.2 Å². The van der Waals surface area contributed by atoms with E-state index in [0.29, 0.717) is 13.1 Å². The first-order valence-corrected chi connectivity index (χ1v) is 11.1. The molecule has 1 aliphatic carbocycles. The molecule has 2 unspecified atom stereocenters. The van der Waals surface area contributed by atoms with Gasteiger partial charge in [-0.1, -0.05) is 55.5 Å². The number of ether oxygens (including phenoxy) is 2. The molecule has 0 bridgehead atoms. The Bertz CT molecular complexity index is 1000. The first-order chi connectivity index (χ1) is 15.8. The van der Waals surface area contributed by atoms with Gasteiger partial charge < -0.3 is 24.8 Å². The number of amides is 2. The maximum atomic E-state index is 12.6. The zero-order chi connectivity index (χ0) is 23.5. The zero-order valence-corrected chi connectivity index (χ0v) is 18.7. The van der Waals surface area contributed by atoms with Crippen LogP contribution in [-0.4, -0.2) is 66.4 Å². The molecule has 33 heavy (non-hydrogen) atoms. The van der Waals surface area contributed by atoms with Crippen molar-refractivity contribution in [2.45, 2.75) is 31.9 Å². The van der Waals surface area contributed by atoms with E-state index < -0.39 is 24.0 Å². The summed E-state index contributed by atoms with van der Waals surface area (Å²) in [6.45, 7) is 4.07. The van der Waals surface area contributed by atoms with Gasteiger partial charge in [-0.2, -0.15) is 0 Å². The topological polar surface area (TPSA) is 105 Å². The Kier molecular flexibility index (Phi) is 6.65. The van der Waals surface area contributed by atoms with E-state index in [1.54, 1.807) is 18.7 Å². The highest BCUT2D eigenvalue weighted by molar-refractivity contribution is 5.81. The lowest BCUT2D eigenvalue weighted by Gasteiger charge is -2.40. The Balaban J connectivity index is 1.27. The van der Waals surface area contributed by atoms with Gasteiger partial charge in [0.25, 0.3) is 0 Å². The Morgan fingerprint density at radius 2 is 1.61 bits per heavy atom. The molecule has 1 heterocycles. The van der Waals surface area contributed by atoms with E-state index in [1.165, 1.54) is 0 Å². The molecule has 2 N–H and O–H groups in total. The maximum absolute atomic E-state index is 12.6. The SMILES string of the molecule is CC(NC(=O)OCC1c2ccccc2-c2ccccc21)C(C)C(=O)N1CC(OCC(=O)O)C1. The van der Waals surface area contributed by atoms with Crippen molar-refractivity contribution in [3.05, 3.63) is 59.7 Å². The molecule has 1 saturated heterocycles. The van der Waals surface area contributed by atoms with Crippen molar-refractivity contribution in [1.82, 2.24) is 10.2 Å². The average molecular weight is 453 g/mol. The average Bonchev–Trinajstić information content (AvgIpc) is 3.09. The number of carbonyl (C=O) groups excluding carboxylic acids is 2. The van der Waals surface area contributed by atoms with Crippen LogP contribution in [0.15, 0.2) is 48.5 Å². The van der Waals surface area contributed by atoms with E-state index in [-0.39, 0.29) is 31.1 Å². The lowest BCUT2D eigenvalue weighted by Crippen LogP contribution is -2.58. The summed E-state index contributed by atoms with van der Waals surface area (Å²) in [5, 5.41) is 11.4. The van der Waals surface area contributed by atoms with Crippen LogP contribution in [0.5, 0.6) is 0 Å². The predicted molar refractivity (Wildman–Crippen MR) is 121 cm³/mol. The Hall–Kier alpha value is -3.39. The number of hydrogen-bond acceptors (Lipinski definition) is 5. The molecule has 2 amide bonds. The number of fused-ring (bicyclic) bond motifs is 3. The molecule has 4 rings (SSSR count). The molecule has 2 aromatic carbocycles. The summed E-state index contributed by atoms with van der Waals surface area (Å²) in [4.78, 5) is 37.3. The van der Waals surface area contributed by atoms with Crippen LogP contribution in [0.2, 0.25) is 0 Å². The van der Waals surface area contributed by atoms with Crippen molar-refractivity contribution < 1.29 is 29.0 Å². The second-order valence-corrected chi connectivity index (χ2v) is 8.62. The number of benzene rings is 2. The van der Waals surface area contributed by atoms with Gasteiger partial charge in [0.1, 0.15) is 13.2 Å². The second kappa shape index (κ2) is 9.62. The Morgan fingerprint density at radius 1 is 1.03 bits per heavy atom. The maximum Gasteiger partial charge on any atom is 0.407 e. The Labute approximate surface area is 192 Å². The summed E-state index contributed by atoms with van der Waals surface area (Å²) in [7, 11) is 0. The number of likely N-dealkylation sites (tertiary alicyclic amines) is 1. The van der Waals surface area contributed by atoms with E-state index in [0.717, 1.165) is 22.3 Å². The first kappa shape index (κ1) is 22.8. The monoisotopic (exact) mass is 452 g/mol. The largest absolute Gasteiger partial charge is 0.480 e. The van der Waals surface area contributed by atoms with Gasteiger partial charge in [-0.3, -0.25) is 4.79 Å². The van der Waals surface area contributed by atoms with Gasteiger partial charge >= 0.3 is 12.1 Å². The van der Waals surface area contributed by atoms with E-state index >= 15 is 0 Å². The fourth-order valence-electron chi connectivity index (χ4n) is 4.37. The number of hydrogen-bond donors (Lipinski definition) is 2. The lowest BCUT2D eigenvalue weighted by molar-refractivity contribution is -0.156. The number of carboxylic acid groups (broad SMARTS) is 1. The Morgan fingerprint density at radius 3 is 2.18 bits per heavy atom. The van der Waals surface area contributed by atoms with Crippen LogP contribution in [0.4, 0.5) is 4.79 Å². The predicted octanol–water partition coefficient (Wildman–Crippen LogP) is 2.86. The van der Waals surface area contributed by atoms with E-state index in [2.05, 4.69) is 29.6 Å². The second-order valence-electron chi connectivity index (χ2n) is 8.62. The smallest absolute Gasteiger partial charge is 0.407 e. The summed E-state index contributed by atoms with van der Waals surface area (Å²) >= 11 is 0. The quantitative estimate of drug-likeness (QED) is 0.638. The number of nitrogens with one attached hydrogen (secondary N) is 1. The van der Waals surface area contributed by atoms with Crippen LogP contribution < -0.4 is 5.32 Å². The van der Waals surface area contributed by atoms with Crippen LogP contribution in [0.1, 0.15) is 30.9 Å². The minimum absolute atomic E-state index is 0.0265. The molecule has 0 saturated carbocycles. The lowest BCUT2D eigenvalue weighted by atomic mass is 9.98. The normalized spacial score (nSPS) is 16.8. The molecule has 0 aromatic heterocycles. The summed E-state index contributed by atoms with van der Waals surface area (Å²) in [6.07, 6.45) is -0.821. The van der Waals surface area contributed by atoms with Gasteiger partial charge in [0.2, 0.25) is 5.91 Å². The fraction of sp³-hybridized carbons (Fsp3) is 0.400. The molecule has 2 atom stereocenters. The third-order valence-corrected chi connectivity index (χ3v) is 6.43. The molecule has 8 nitrogen and oxygen atoms in total. The summed E-state index contributed by atoms with van der Waals surface area (Å²) in [5.74, 6) is -1.63. The number of carbonyl (C=O) groups is 3. The van der Waals surface area contributed by atoms with Crippen molar-refractivity contribution in [2.24, 2.45) is 5.92 Å². The number of alkyl carbamates (subject to hydrolysis) is 1. The zero-order valence-electron chi connectivity index (χ0n) is 18.7. The fourth-order valence-corrected chi connectivity index (χ4v) is 4.37. The van der Waals surface area contributed by atoms with Crippen LogP contribution >= 0.6 is 0 Å². The van der Waals surface area contributed by atoms with Gasteiger partial charge in [-0.25, -0.2) is 9.59 Å². The molecule has 0 spiro atoms. The third-order valence-electron chi connectivity index (χ3n) is 6.43. The van der Waals surface area contributed by atoms with Crippen LogP contribution in [0.25, 0.3) is 11.1 Å². The van der Waals surface area contributed by atoms with E-state index in [4.69, 9.17) is 14.6 Å². The van der Waals surface area contributed by atoms with Gasteiger partial charge in [0.15, 0.2) is 0 Å². The molecule has 0 radical (unpaired) electrons. The van der Waals surface area contributed by atoms with Gasteiger partial charge in [0, 0.05) is 25.0 Å². The molecule has 2 aliphatic rings. The van der Waals surface area contributed by atoms with Crippen LogP contribution in [0, 0.1) is 5.92 Å². The highest BCUT2D eigenvalue weighted by Crippen LogP contribution is 2.44. The van der Waals surface area contributed by atoms with E-state index in [1.807, 2.05) is 24.3 Å². The number of rotatable bonds is 8. The molecular weight excluding hydrogens is 424 g/mol. The third kappa shape index (κ3) is 4.85. The molecule has 8 heteroatoms. The van der Waals surface area contributed by atoms with Crippen molar-refractivity contribution in [2.75, 3.05) is 26.3 Å². The van der Waals surface area contributed by atoms with Crippen LogP contribution in [-0.2, 0) is 19.1 Å². The first-order valence-electron chi connectivity index (χ1n) is 11.1. The molecule has 2 aromatic rings. The van der Waals surface area contributed by atoms with Crippen LogP contribution in [0.3, 0.4) is 0 Å². The summed E-state index contributed by atoms with van der Waals surface area (Å²) in [6, 6.07) is 15.8. The van der Waals surface area contributed by atoms with Gasteiger partial charge in [-0.15, -0.1) is 0 Å². The molecule has 174 valence electrons. The van der Waals surface area contributed by atoms with Gasteiger partial charge in [0.05, 0.1) is 12.0 Å². The van der Waals surface area contributed by atoms with Crippen molar-refractivity contribution in [1.29, 1.82) is 0 Å². The molecule has 1 fully saturated rings. The van der Waals surface area contributed by atoms with Crippen molar-refractivity contribution >= 4 is 18.0 Å². The summed E-state index contributed by atoms with van der Waals surface area (Å²) < 4.78 is 10.7. The van der Waals surface area contributed by atoms with Crippen molar-refractivity contribution in [3.8, 4) is 11.1 Å². The minimum atomic E-state index is -1.03. The van der Waals surface area contributed by atoms with Crippen molar-refractivity contribution in [3.63, 3.8) is 0 Å². The number of nitrogens with zero attached hydrogens (tertiary/aromatic N) is 1.